The second kappa shape index (κ2) is 9.13. The lowest BCUT2D eigenvalue weighted by molar-refractivity contribution is 0.0974. The summed E-state index contributed by atoms with van der Waals surface area (Å²) in [5, 5.41) is 5.79. The van der Waals surface area contributed by atoms with Crippen LogP contribution >= 0.6 is 44.1 Å². The molecule has 4 aromatic rings. The van der Waals surface area contributed by atoms with E-state index in [9.17, 15) is 4.79 Å². The SMILES string of the molecule is COc1ccc(Br)cc1C(=O)NC(=S)Nc1ccc2oc(-c3cncc(Br)c3)nc2c1. The Bertz CT molecular complexity index is 1310. The monoisotopic (exact) mass is 560 g/mol. The van der Waals surface area contributed by atoms with Gasteiger partial charge >= 0.3 is 0 Å². The van der Waals surface area contributed by atoms with E-state index in [0.29, 0.717) is 34.0 Å². The Kier molecular flexibility index (Phi) is 6.30. The first kappa shape index (κ1) is 21.4. The molecule has 0 aliphatic heterocycles. The van der Waals surface area contributed by atoms with Crippen LogP contribution in [-0.4, -0.2) is 28.1 Å². The van der Waals surface area contributed by atoms with Gasteiger partial charge in [-0.1, -0.05) is 15.9 Å². The van der Waals surface area contributed by atoms with Gasteiger partial charge in [-0.15, -0.1) is 0 Å². The number of nitrogens with one attached hydrogen (secondary N) is 2. The summed E-state index contributed by atoms with van der Waals surface area (Å²) in [6, 6.07) is 12.4. The van der Waals surface area contributed by atoms with Crippen LogP contribution in [0.15, 0.2) is 68.2 Å². The van der Waals surface area contributed by atoms with E-state index in [1.807, 2.05) is 6.07 Å². The average Bonchev–Trinajstić information content (AvgIpc) is 3.17. The maximum Gasteiger partial charge on any atom is 0.261 e. The van der Waals surface area contributed by atoms with Crippen molar-refractivity contribution in [2.24, 2.45) is 0 Å². The van der Waals surface area contributed by atoms with Crippen molar-refractivity contribution in [2.45, 2.75) is 0 Å². The molecule has 0 saturated heterocycles. The van der Waals surface area contributed by atoms with Crippen molar-refractivity contribution >= 4 is 71.9 Å². The summed E-state index contributed by atoms with van der Waals surface area (Å²) in [6.45, 7) is 0. The predicted molar refractivity (Wildman–Crippen MR) is 129 cm³/mol. The minimum absolute atomic E-state index is 0.145. The third-order valence-electron chi connectivity index (χ3n) is 4.23. The Hall–Kier alpha value is -2.82. The van der Waals surface area contributed by atoms with Gasteiger partial charge in [-0.05, 0) is 70.6 Å². The highest BCUT2D eigenvalue weighted by molar-refractivity contribution is 9.10. The van der Waals surface area contributed by atoms with Crippen molar-refractivity contribution < 1.29 is 13.9 Å². The molecule has 0 saturated carbocycles. The Morgan fingerprint density at radius 1 is 1.10 bits per heavy atom. The second-order valence-electron chi connectivity index (χ2n) is 6.35. The molecular weight excluding hydrogens is 548 g/mol. The molecule has 10 heteroatoms. The number of fused-ring (bicyclic) bond motifs is 1. The zero-order chi connectivity index (χ0) is 22.0. The average molecular weight is 562 g/mol. The molecule has 0 unspecified atom stereocenters. The molecule has 1 amide bonds. The van der Waals surface area contributed by atoms with Crippen molar-refractivity contribution in [1.82, 2.24) is 15.3 Å². The van der Waals surface area contributed by atoms with Crippen molar-refractivity contribution in [3.63, 3.8) is 0 Å². The largest absolute Gasteiger partial charge is 0.496 e. The minimum atomic E-state index is -0.386. The van der Waals surface area contributed by atoms with E-state index >= 15 is 0 Å². The van der Waals surface area contributed by atoms with Gasteiger partial charge in [0.05, 0.1) is 18.2 Å². The number of anilines is 1. The fourth-order valence-electron chi connectivity index (χ4n) is 2.85. The Morgan fingerprint density at radius 2 is 1.94 bits per heavy atom. The van der Waals surface area contributed by atoms with Gasteiger partial charge in [-0.25, -0.2) is 4.98 Å². The zero-order valence-corrected chi connectivity index (χ0v) is 20.0. The summed E-state index contributed by atoms with van der Waals surface area (Å²) in [4.78, 5) is 21.2. The number of carbonyl (C=O) groups is 1. The molecule has 0 fully saturated rings. The van der Waals surface area contributed by atoms with Crippen LogP contribution in [0.25, 0.3) is 22.6 Å². The smallest absolute Gasteiger partial charge is 0.261 e. The molecule has 2 heterocycles. The molecule has 0 atom stereocenters. The van der Waals surface area contributed by atoms with E-state index in [1.165, 1.54) is 7.11 Å². The van der Waals surface area contributed by atoms with E-state index < -0.39 is 0 Å². The van der Waals surface area contributed by atoms with Gasteiger partial charge in [0.25, 0.3) is 5.91 Å². The number of thiocarbonyl (C=S) groups is 1. The molecule has 31 heavy (non-hydrogen) atoms. The molecule has 0 aliphatic rings. The fraction of sp³-hybridized carbons (Fsp3) is 0.0476. The Morgan fingerprint density at radius 3 is 2.71 bits per heavy atom. The van der Waals surface area contributed by atoms with Crippen LogP contribution in [0.5, 0.6) is 5.75 Å². The predicted octanol–water partition coefficient (Wildman–Crippen LogP) is 5.55. The van der Waals surface area contributed by atoms with E-state index in [4.69, 9.17) is 21.4 Å². The van der Waals surface area contributed by atoms with Gasteiger partial charge in [0.2, 0.25) is 5.89 Å². The quantitative estimate of drug-likeness (QED) is 0.316. The van der Waals surface area contributed by atoms with Gasteiger partial charge in [0.15, 0.2) is 10.7 Å². The van der Waals surface area contributed by atoms with Gasteiger partial charge in [0.1, 0.15) is 11.3 Å². The molecule has 0 bridgehead atoms. The molecule has 4 rings (SSSR count). The number of pyridine rings is 1. The number of ether oxygens (including phenoxy) is 1. The Labute approximate surface area is 199 Å². The summed E-state index contributed by atoms with van der Waals surface area (Å²) in [6.07, 6.45) is 3.36. The number of amides is 1. The third kappa shape index (κ3) is 4.92. The number of rotatable bonds is 4. The van der Waals surface area contributed by atoms with Crippen molar-refractivity contribution in [3.05, 3.63) is 69.4 Å². The first-order chi connectivity index (χ1) is 14.9. The standard InChI is InChI=1S/C21H14Br2N4O3S/c1-29-17-4-2-12(22)7-15(17)19(28)27-21(31)25-14-3-5-18-16(8-14)26-20(30-18)11-6-13(23)10-24-9-11/h2-10H,1H3,(H2,25,27,28,31). The topological polar surface area (TPSA) is 89.3 Å². The first-order valence-corrected chi connectivity index (χ1v) is 10.9. The highest BCUT2D eigenvalue weighted by atomic mass is 79.9. The Balaban J connectivity index is 1.50. The number of nitrogens with zero attached hydrogens (tertiary/aromatic N) is 2. The molecule has 156 valence electrons. The zero-order valence-electron chi connectivity index (χ0n) is 16.0. The summed E-state index contributed by atoms with van der Waals surface area (Å²) in [5.74, 6) is 0.517. The maximum atomic E-state index is 12.6. The number of carbonyl (C=O) groups excluding carboxylic acids is 1. The molecular formula is C21H14Br2N4O3S. The van der Waals surface area contributed by atoms with Crippen LogP contribution in [-0.2, 0) is 0 Å². The van der Waals surface area contributed by atoms with Crippen LogP contribution in [0, 0.1) is 0 Å². The number of aromatic nitrogens is 2. The molecule has 0 spiro atoms. The summed E-state index contributed by atoms with van der Waals surface area (Å²) in [7, 11) is 1.50. The first-order valence-electron chi connectivity index (χ1n) is 8.90. The lowest BCUT2D eigenvalue weighted by Crippen LogP contribution is -2.34. The van der Waals surface area contributed by atoms with E-state index in [-0.39, 0.29) is 11.0 Å². The molecule has 0 aliphatic carbocycles. The summed E-state index contributed by atoms with van der Waals surface area (Å²) < 4.78 is 12.6. The summed E-state index contributed by atoms with van der Waals surface area (Å²) in [5.41, 5.74) is 3.04. The number of oxazole rings is 1. The lowest BCUT2D eigenvalue weighted by atomic mass is 10.2. The number of hydrogen-bond donors (Lipinski definition) is 2. The van der Waals surface area contributed by atoms with E-state index in [1.54, 1.807) is 48.8 Å². The van der Waals surface area contributed by atoms with Crippen LogP contribution in [0.3, 0.4) is 0 Å². The molecule has 2 N–H and O–H groups in total. The molecule has 7 nitrogen and oxygen atoms in total. The van der Waals surface area contributed by atoms with Crippen LogP contribution in [0.2, 0.25) is 0 Å². The number of benzene rings is 2. The molecule has 0 radical (unpaired) electrons. The van der Waals surface area contributed by atoms with Crippen molar-refractivity contribution in [1.29, 1.82) is 0 Å². The number of methoxy groups -OCH3 is 1. The van der Waals surface area contributed by atoms with E-state index in [2.05, 4.69) is 52.5 Å². The van der Waals surface area contributed by atoms with Crippen LogP contribution < -0.4 is 15.4 Å². The third-order valence-corrected chi connectivity index (χ3v) is 5.36. The van der Waals surface area contributed by atoms with Gasteiger partial charge < -0.3 is 14.5 Å². The van der Waals surface area contributed by atoms with Crippen molar-refractivity contribution in [3.8, 4) is 17.2 Å². The molecule has 2 aromatic heterocycles. The highest BCUT2D eigenvalue weighted by Gasteiger charge is 2.15. The normalized spacial score (nSPS) is 10.7. The summed E-state index contributed by atoms with van der Waals surface area (Å²) >= 11 is 12.0. The van der Waals surface area contributed by atoms with E-state index in [0.717, 1.165) is 14.5 Å². The van der Waals surface area contributed by atoms with Crippen LogP contribution in [0.4, 0.5) is 5.69 Å². The van der Waals surface area contributed by atoms with Crippen molar-refractivity contribution in [2.75, 3.05) is 12.4 Å². The number of halogens is 2. The van der Waals surface area contributed by atoms with Crippen LogP contribution in [0.1, 0.15) is 10.4 Å². The van der Waals surface area contributed by atoms with Gasteiger partial charge in [0, 0.05) is 27.0 Å². The maximum absolute atomic E-state index is 12.6. The molecule has 2 aromatic carbocycles. The number of hydrogen-bond acceptors (Lipinski definition) is 6. The highest BCUT2D eigenvalue weighted by Crippen LogP contribution is 2.27. The fourth-order valence-corrected chi connectivity index (χ4v) is 3.78. The van der Waals surface area contributed by atoms with Gasteiger partial charge in [-0.3, -0.25) is 15.1 Å². The lowest BCUT2D eigenvalue weighted by Gasteiger charge is -2.12. The van der Waals surface area contributed by atoms with Gasteiger partial charge in [-0.2, -0.15) is 0 Å². The second-order valence-corrected chi connectivity index (χ2v) is 8.59. The minimum Gasteiger partial charge on any atom is -0.496 e.